The van der Waals surface area contributed by atoms with Crippen LogP contribution in [0, 0.1) is 6.92 Å². The van der Waals surface area contributed by atoms with Crippen LogP contribution < -0.4 is 20.3 Å². The summed E-state index contributed by atoms with van der Waals surface area (Å²) in [5, 5.41) is 2.59. The van der Waals surface area contributed by atoms with Crippen LogP contribution in [0.3, 0.4) is 0 Å². The Labute approximate surface area is 185 Å². The van der Waals surface area contributed by atoms with Crippen LogP contribution in [0.2, 0.25) is 0 Å². The zero-order chi connectivity index (χ0) is 23.4. The van der Waals surface area contributed by atoms with Crippen molar-refractivity contribution >= 4 is 17.6 Å². The molecule has 0 spiro atoms. The van der Waals surface area contributed by atoms with E-state index in [0.29, 0.717) is 22.9 Å². The third kappa shape index (κ3) is 4.51. The molecule has 0 saturated heterocycles. The van der Waals surface area contributed by atoms with Gasteiger partial charge in [-0.3, -0.25) is 14.3 Å². The standard InChI is InChI=1S/C23H25N3O6/c1-14-20(22(28)26(25(14)3)17-9-7-6-8-10-17)24-21(27)15(2)32-23(29)16-11-18(30-4)13-19(12-16)31-5/h6-13,15H,1-5H3,(H,24,27). The van der Waals surface area contributed by atoms with Crippen molar-refractivity contribution in [1.82, 2.24) is 9.36 Å². The molecule has 3 aromatic rings. The van der Waals surface area contributed by atoms with Crippen molar-refractivity contribution in [2.45, 2.75) is 20.0 Å². The average molecular weight is 439 g/mol. The number of para-hydroxylation sites is 1. The highest BCUT2D eigenvalue weighted by atomic mass is 16.5. The number of aromatic nitrogens is 2. The molecule has 0 saturated carbocycles. The predicted molar refractivity (Wildman–Crippen MR) is 119 cm³/mol. The molecule has 0 radical (unpaired) electrons. The lowest BCUT2D eigenvalue weighted by atomic mass is 10.2. The summed E-state index contributed by atoms with van der Waals surface area (Å²) in [6.07, 6.45) is -1.15. The number of methoxy groups -OCH3 is 2. The molecule has 1 aromatic heterocycles. The van der Waals surface area contributed by atoms with E-state index in [1.807, 2.05) is 18.2 Å². The number of anilines is 1. The molecule has 1 heterocycles. The zero-order valence-corrected chi connectivity index (χ0v) is 18.5. The number of nitrogens with one attached hydrogen (secondary N) is 1. The molecular formula is C23H25N3O6. The Morgan fingerprint density at radius 3 is 2.16 bits per heavy atom. The number of rotatable bonds is 7. The number of ether oxygens (including phenoxy) is 3. The van der Waals surface area contributed by atoms with E-state index >= 15 is 0 Å². The van der Waals surface area contributed by atoms with Crippen molar-refractivity contribution in [3.63, 3.8) is 0 Å². The number of esters is 1. The van der Waals surface area contributed by atoms with Gasteiger partial charge in [0.25, 0.3) is 11.5 Å². The number of hydrogen-bond donors (Lipinski definition) is 1. The molecule has 9 heteroatoms. The van der Waals surface area contributed by atoms with Crippen LogP contribution in [0.15, 0.2) is 53.3 Å². The molecule has 9 nitrogen and oxygen atoms in total. The molecule has 1 atom stereocenters. The minimum absolute atomic E-state index is 0.118. The van der Waals surface area contributed by atoms with E-state index in [1.54, 1.807) is 36.9 Å². The maximum Gasteiger partial charge on any atom is 0.339 e. The van der Waals surface area contributed by atoms with Gasteiger partial charge < -0.3 is 19.5 Å². The Kier molecular flexibility index (Phi) is 6.67. The third-order valence-corrected chi connectivity index (χ3v) is 5.04. The lowest BCUT2D eigenvalue weighted by Crippen LogP contribution is -2.32. The summed E-state index contributed by atoms with van der Waals surface area (Å²) >= 11 is 0. The fourth-order valence-corrected chi connectivity index (χ4v) is 3.14. The molecule has 0 aliphatic carbocycles. The fraction of sp³-hybridized carbons (Fsp3) is 0.261. The highest BCUT2D eigenvalue weighted by Gasteiger charge is 2.24. The molecule has 168 valence electrons. The van der Waals surface area contributed by atoms with Gasteiger partial charge in [-0.25, -0.2) is 9.48 Å². The monoisotopic (exact) mass is 439 g/mol. The molecule has 32 heavy (non-hydrogen) atoms. The van der Waals surface area contributed by atoms with Gasteiger partial charge in [0, 0.05) is 13.1 Å². The Hall–Kier alpha value is -4.01. The van der Waals surface area contributed by atoms with Gasteiger partial charge in [0.05, 0.1) is 31.2 Å². The second kappa shape index (κ2) is 9.42. The molecular weight excluding hydrogens is 414 g/mol. The SMILES string of the molecule is COc1cc(OC)cc(C(=O)OC(C)C(=O)Nc2c(C)n(C)n(-c3ccccc3)c2=O)c1. The first-order valence-corrected chi connectivity index (χ1v) is 9.85. The number of nitrogens with zero attached hydrogens (tertiary/aromatic N) is 2. The highest BCUT2D eigenvalue weighted by Crippen LogP contribution is 2.23. The van der Waals surface area contributed by atoms with E-state index in [0.717, 1.165) is 0 Å². The van der Waals surface area contributed by atoms with Crippen LogP contribution in [0.4, 0.5) is 5.69 Å². The molecule has 1 amide bonds. The van der Waals surface area contributed by atoms with E-state index in [4.69, 9.17) is 14.2 Å². The predicted octanol–water partition coefficient (Wildman–Crippen LogP) is 2.69. The summed E-state index contributed by atoms with van der Waals surface area (Å²) in [6, 6.07) is 13.6. The fourth-order valence-electron chi connectivity index (χ4n) is 3.14. The van der Waals surface area contributed by atoms with E-state index < -0.39 is 18.0 Å². The summed E-state index contributed by atoms with van der Waals surface area (Å²) in [5.74, 6) is -0.528. The Morgan fingerprint density at radius 2 is 1.59 bits per heavy atom. The molecule has 0 fully saturated rings. The molecule has 1 N–H and O–H groups in total. The van der Waals surface area contributed by atoms with Gasteiger partial charge in [0.1, 0.15) is 17.2 Å². The van der Waals surface area contributed by atoms with Crippen LogP contribution in [0.1, 0.15) is 23.0 Å². The lowest BCUT2D eigenvalue weighted by molar-refractivity contribution is -0.123. The Balaban J connectivity index is 1.78. The Bertz CT molecular complexity index is 1170. The van der Waals surface area contributed by atoms with Gasteiger partial charge >= 0.3 is 5.97 Å². The van der Waals surface area contributed by atoms with Crippen LogP contribution in [-0.2, 0) is 16.6 Å². The maximum absolute atomic E-state index is 12.9. The number of hydrogen-bond acceptors (Lipinski definition) is 6. The first-order valence-electron chi connectivity index (χ1n) is 9.85. The molecule has 0 bridgehead atoms. The summed E-state index contributed by atoms with van der Waals surface area (Å²) in [4.78, 5) is 38.2. The largest absolute Gasteiger partial charge is 0.497 e. The zero-order valence-electron chi connectivity index (χ0n) is 18.5. The van der Waals surface area contributed by atoms with Crippen LogP contribution in [-0.4, -0.2) is 41.6 Å². The molecule has 0 aliphatic rings. The minimum atomic E-state index is -1.15. The van der Waals surface area contributed by atoms with Crippen molar-refractivity contribution in [3.05, 3.63) is 70.1 Å². The van der Waals surface area contributed by atoms with Crippen molar-refractivity contribution in [3.8, 4) is 17.2 Å². The van der Waals surface area contributed by atoms with E-state index in [2.05, 4.69) is 5.32 Å². The Morgan fingerprint density at radius 1 is 1.00 bits per heavy atom. The van der Waals surface area contributed by atoms with Gasteiger partial charge in [-0.1, -0.05) is 18.2 Å². The van der Waals surface area contributed by atoms with Crippen LogP contribution in [0.25, 0.3) is 5.69 Å². The summed E-state index contributed by atoms with van der Waals surface area (Å²) < 4.78 is 18.7. The summed E-state index contributed by atoms with van der Waals surface area (Å²) in [6.45, 7) is 3.15. The van der Waals surface area contributed by atoms with Crippen molar-refractivity contribution in [1.29, 1.82) is 0 Å². The second-order valence-electron chi connectivity index (χ2n) is 7.07. The van der Waals surface area contributed by atoms with E-state index in [9.17, 15) is 14.4 Å². The summed E-state index contributed by atoms with van der Waals surface area (Å²) in [5.41, 5.74) is 1.12. The number of benzene rings is 2. The second-order valence-corrected chi connectivity index (χ2v) is 7.07. The van der Waals surface area contributed by atoms with E-state index in [1.165, 1.54) is 38.0 Å². The van der Waals surface area contributed by atoms with E-state index in [-0.39, 0.29) is 16.8 Å². The maximum atomic E-state index is 12.9. The van der Waals surface area contributed by atoms with Crippen molar-refractivity contribution in [2.24, 2.45) is 7.05 Å². The van der Waals surface area contributed by atoms with Gasteiger partial charge in [-0.2, -0.15) is 0 Å². The smallest absolute Gasteiger partial charge is 0.339 e. The molecule has 2 aromatic carbocycles. The molecule has 1 unspecified atom stereocenters. The first-order chi connectivity index (χ1) is 15.3. The van der Waals surface area contributed by atoms with Gasteiger partial charge in [0.15, 0.2) is 6.10 Å². The van der Waals surface area contributed by atoms with Gasteiger partial charge in [0.2, 0.25) is 0 Å². The molecule has 3 rings (SSSR count). The highest BCUT2D eigenvalue weighted by molar-refractivity contribution is 5.97. The van der Waals surface area contributed by atoms with Crippen LogP contribution in [0.5, 0.6) is 11.5 Å². The normalized spacial score (nSPS) is 11.5. The minimum Gasteiger partial charge on any atom is -0.497 e. The number of carbonyl (C=O) groups is 2. The lowest BCUT2D eigenvalue weighted by Gasteiger charge is -2.14. The van der Waals surface area contributed by atoms with Gasteiger partial charge in [-0.05, 0) is 38.1 Å². The van der Waals surface area contributed by atoms with Gasteiger partial charge in [-0.15, -0.1) is 0 Å². The van der Waals surface area contributed by atoms with Crippen LogP contribution >= 0.6 is 0 Å². The van der Waals surface area contributed by atoms with Crippen molar-refractivity contribution in [2.75, 3.05) is 19.5 Å². The number of carbonyl (C=O) groups excluding carboxylic acids is 2. The first kappa shape index (κ1) is 22.7. The summed E-state index contributed by atoms with van der Waals surface area (Å²) in [7, 11) is 4.65. The topological polar surface area (TPSA) is 101 Å². The third-order valence-electron chi connectivity index (χ3n) is 5.04. The number of amides is 1. The van der Waals surface area contributed by atoms with Crippen molar-refractivity contribution < 1.29 is 23.8 Å². The quantitative estimate of drug-likeness (QED) is 0.568. The molecule has 0 aliphatic heterocycles. The average Bonchev–Trinajstić information content (AvgIpc) is 3.01.